The van der Waals surface area contributed by atoms with Crippen molar-refractivity contribution in [2.45, 2.75) is 65.2 Å². The second-order valence-electron chi connectivity index (χ2n) is 11.5. The van der Waals surface area contributed by atoms with Crippen molar-refractivity contribution in [3.05, 3.63) is 119 Å². The molecule has 0 unspecified atom stereocenters. The molecule has 5 rings (SSSR count). The summed E-state index contributed by atoms with van der Waals surface area (Å²) in [7, 11) is 4.38. The summed E-state index contributed by atoms with van der Waals surface area (Å²) in [6, 6.07) is 27.3. The number of rotatable bonds is 8. The Morgan fingerprint density at radius 1 is 0.526 bits per heavy atom. The van der Waals surface area contributed by atoms with Gasteiger partial charge in [0.1, 0.15) is 14.1 Å². The van der Waals surface area contributed by atoms with E-state index in [4.69, 9.17) is 0 Å². The van der Waals surface area contributed by atoms with E-state index in [2.05, 4.69) is 136 Å². The summed E-state index contributed by atoms with van der Waals surface area (Å²) in [6.07, 6.45) is 8.61. The van der Waals surface area contributed by atoms with Gasteiger partial charge in [0.25, 0.3) is 0 Å². The van der Waals surface area contributed by atoms with Gasteiger partial charge < -0.3 is 0 Å². The Bertz CT molecular complexity index is 1480. The molecule has 194 valence electrons. The van der Waals surface area contributed by atoms with Crippen molar-refractivity contribution in [2.75, 3.05) is 0 Å². The maximum Gasteiger partial charge on any atom is 0.189 e. The molecule has 2 heterocycles. The topological polar surface area (TPSA) is 7.76 Å². The first-order chi connectivity index (χ1) is 18.3. The second kappa shape index (κ2) is 11.1. The molecule has 3 aromatic carbocycles. The van der Waals surface area contributed by atoms with Crippen LogP contribution in [0.5, 0.6) is 0 Å². The summed E-state index contributed by atoms with van der Waals surface area (Å²) in [6.45, 7) is 9.20. The van der Waals surface area contributed by atoms with E-state index >= 15 is 0 Å². The van der Waals surface area contributed by atoms with Gasteiger partial charge >= 0.3 is 0 Å². The Balaban J connectivity index is 1.39. The Labute approximate surface area is 228 Å². The smallest absolute Gasteiger partial charge is 0.189 e. The van der Waals surface area contributed by atoms with E-state index in [0.717, 1.165) is 25.7 Å². The maximum absolute atomic E-state index is 2.43. The number of nitrogens with zero attached hydrogens (tertiary/aromatic N) is 2. The van der Waals surface area contributed by atoms with Gasteiger partial charge in [-0.25, -0.2) is 9.13 Å². The summed E-state index contributed by atoms with van der Waals surface area (Å²) in [5, 5.41) is 5.57. The molecular formula is C36H42N2+2. The molecule has 0 atom stereocenters. The Morgan fingerprint density at radius 3 is 1.37 bits per heavy atom. The molecule has 0 N–H and O–H groups in total. The number of fused-ring (bicyclic) bond motifs is 2. The van der Waals surface area contributed by atoms with Gasteiger partial charge in [-0.3, -0.25) is 0 Å². The van der Waals surface area contributed by atoms with E-state index in [-0.39, 0.29) is 0 Å². The summed E-state index contributed by atoms with van der Waals surface area (Å²) < 4.78 is 4.65. The Kier molecular flexibility index (Phi) is 7.61. The molecule has 0 bridgehead atoms. The molecular weight excluding hydrogens is 460 g/mol. The molecule has 0 amide bonds. The molecule has 0 fully saturated rings. The van der Waals surface area contributed by atoms with Crippen LogP contribution >= 0.6 is 0 Å². The van der Waals surface area contributed by atoms with Gasteiger partial charge in [-0.05, 0) is 57.7 Å². The minimum Gasteiger partial charge on any atom is -0.205 e. The molecule has 5 aromatic rings. The van der Waals surface area contributed by atoms with Gasteiger partial charge in [0, 0.05) is 25.0 Å². The van der Waals surface area contributed by atoms with Crippen molar-refractivity contribution in [3.63, 3.8) is 0 Å². The lowest BCUT2D eigenvalue weighted by molar-refractivity contribution is -0.677. The van der Waals surface area contributed by atoms with Crippen molar-refractivity contribution >= 4 is 21.5 Å². The average molecular weight is 503 g/mol. The normalized spacial score (nSPS) is 11.8. The largest absolute Gasteiger partial charge is 0.205 e. The standard InChI is InChI=1S/C36H42N2/c1-25(2)31-14-8-12-29-20-22-37(5)33(35(29)31)18-16-27-10-7-11-28(24-27)17-19-34-36-30(21-23-38(34)6)13-9-15-32(36)26(3)4/h7-15,20-26H,16-19H2,1-6H3/q+2. The first-order valence-electron chi connectivity index (χ1n) is 14.2. The molecule has 2 heteroatoms. The Morgan fingerprint density at radius 2 is 0.947 bits per heavy atom. The van der Waals surface area contributed by atoms with Crippen LogP contribution in [0.15, 0.2) is 85.2 Å². The van der Waals surface area contributed by atoms with Crippen LogP contribution in [0.2, 0.25) is 0 Å². The van der Waals surface area contributed by atoms with Crippen LogP contribution in [0.4, 0.5) is 0 Å². The minimum absolute atomic E-state index is 0.509. The van der Waals surface area contributed by atoms with Crippen molar-refractivity contribution in [3.8, 4) is 0 Å². The van der Waals surface area contributed by atoms with Crippen LogP contribution in [-0.2, 0) is 39.8 Å². The molecule has 0 spiro atoms. The number of hydrogen-bond acceptors (Lipinski definition) is 0. The number of benzene rings is 3. The van der Waals surface area contributed by atoms with Gasteiger partial charge in [-0.1, -0.05) is 88.4 Å². The van der Waals surface area contributed by atoms with Crippen LogP contribution < -0.4 is 9.13 Å². The third kappa shape index (κ3) is 5.23. The predicted octanol–water partition coefficient (Wildman–Crippen LogP) is 7.46. The molecule has 0 saturated heterocycles. The number of aryl methyl sites for hydroxylation is 6. The highest BCUT2D eigenvalue weighted by atomic mass is 14.9. The Hall–Kier alpha value is -3.52. The predicted molar refractivity (Wildman–Crippen MR) is 160 cm³/mol. The summed E-state index contributed by atoms with van der Waals surface area (Å²) in [5.41, 5.74) is 8.61. The van der Waals surface area contributed by atoms with Crippen LogP contribution in [0.3, 0.4) is 0 Å². The van der Waals surface area contributed by atoms with E-state index in [1.54, 1.807) is 0 Å². The van der Waals surface area contributed by atoms with E-state index in [9.17, 15) is 0 Å². The maximum atomic E-state index is 2.43. The molecule has 0 radical (unpaired) electrons. The van der Waals surface area contributed by atoms with Crippen LogP contribution in [0, 0.1) is 0 Å². The molecule has 2 nitrogen and oxygen atoms in total. The van der Waals surface area contributed by atoms with Gasteiger partial charge in [0.15, 0.2) is 23.8 Å². The highest BCUT2D eigenvalue weighted by Gasteiger charge is 2.19. The van der Waals surface area contributed by atoms with Crippen LogP contribution in [0.1, 0.15) is 73.2 Å². The van der Waals surface area contributed by atoms with Gasteiger partial charge in [-0.2, -0.15) is 0 Å². The fourth-order valence-corrected chi connectivity index (χ4v) is 6.07. The number of pyridine rings is 2. The SMILES string of the molecule is CC(C)c1cccc2cc[n+](C)c(CCc3cccc(CCc4c5c(C(C)C)cccc5cc[n+]4C)c3)c12. The quantitative estimate of drug-likeness (QED) is 0.195. The van der Waals surface area contributed by atoms with E-state index in [0.29, 0.717) is 11.8 Å². The van der Waals surface area contributed by atoms with E-state index < -0.39 is 0 Å². The number of aromatic nitrogens is 2. The summed E-state index contributed by atoms with van der Waals surface area (Å²) >= 11 is 0. The molecule has 0 aliphatic carbocycles. The van der Waals surface area contributed by atoms with Crippen molar-refractivity contribution in [1.29, 1.82) is 0 Å². The summed E-state index contributed by atoms with van der Waals surface area (Å²) in [5.74, 6) is 1.02. The lowest BCUT2D eigenvalue weighted by atomic mass is 9.92. The zero-order valence-electron chi connectivity index (χ0n) is 24.0. The zero-order valence-corrected chi connectivity index (χ0v) is 24.0. The zero-order chi connectivity index (χ0) is 26.8. The summed E-state index contributed by atoms with van der Waals surface area (Å²) in [4.78, 5) is 0. The lowest BCUT2D eigenvalue weighted by Gasteiger charge is -2.13. The fraction of sp³-hybridized carbons (Fsp3) is 0.333. The molecule has 38 heavy (non-hydrogen) atoms. The third-order valence-electron chi connectivity index (χ3n) is 8.18. The van der Waals surface area contributed by atoms with Crippen molar-refractivity contribution in [2.24, 2.45) is 14.1 Å². The van der Waals surface area contributed by atoms with Crippen molar-refractivity contribution in [1.82, 2.24) is 0 Å². The highest BCUT2D eigenvalue weighted by Crippen LogP contribution is 2.29. The molecule has 0 aliphatic heterocycles. The monoisotopic (exact) mass is 502 g/mol. The fourth-order valence-electron chi connectivity index (χ4n) is 6.07. The van der Waals surface area contributed by atoms with E-state index in [1.807, 2.05) is 0 Å². The highest BCUT2D eigenvalue weighted by molar-refractivity contribution is 5.88. The first kappa shape index (κ1) is 26.1. The minimum atomic E-state index is 0.509. The van der Waals surface area contributed by atoms with Crippen molar-refractivity contribution < 1.29 is 9.13 Å². The second-order valence-corrected chi connectivity index (χ2v) is 11.5. The average Bonchev–Trinajstić information content (AvgIpc) is 2.91. The molecule has 0 saturated carbocycles. The van der Waals surface area contributed by atoms with Crippen LogP contribution in [-0.4, -0.2) is 0 Å². The first-order valence-corrected chi connectivity index (χ1v) is 14.2. The van der Waals surface area contributed by atoms with E-state index in [1.165, 1.54) is 55.2 Å². The van der Waals surface area contributed by atoms with Gasteiger partial charge in [0.05, 0.1) is 10.8 Å². The molecule has 0 aliphatic rings. The molecule has 2 aromatic heterocycles. The third-order valence-corrected chi connectivity index (χ3v) is 8.18. The van der Waals surface area contributed by atoms with Gasteiger partial charge in [0.2, 0.25) is 0 Å². The van der Waals surface area contributed by atoms with Gasteiger partial charge in [-0.15, -0.1) is 0 Å². The van der Waals surface area contributed by atoms with Crippen LogP contribution in [0.25, 0.3) is 21.5 Å². The lowest BCUT2D eigenvalue weighted by Crippen LogP contribution is -2.34. The number of hydrogen-bond donors (Lipinski definition) is 0.